The molecule has 3 aromatic rings. The van der Waals surface area contributed by atoms with Crippen LogP contribution < -0.4 is 5.32 Å². The Morgan fingerprint density at radius 3 is 2.24 bits per heavy atom. The van der Waals surface area contributed by atoms with Crippen molar-refractivity contribution in [3.63, 3.8) is 0 Å². The van der Waals surface area contributed by atoms with Crippen LogP contribution in [0.5, 0.6) is 0 Å². The first-order chi connectivity index (χ1) is 17.7. The first-order valence-corrected chi connectivity index (χ1v) is 13.8. The van der Waals surface area contributed by atoms with Gasteiger partial charge in [0.1, 0.15) is 10.9 Å². The normalized spacial score (nSPS) is 15.7. The van der Waals surface area contributed by atoms with E-state index in [2.05, 4.69) is 10.3 Å². The lowest BCUT2D eigenvalue weighted by atomic mass is 9.89. The number of carbonyl (C=O) groups excluding carboxylic acids is 1. The van der Waals surface area contributed by atoms with Crippen LogP contribution in [0.3, 0.4) is 0 Å². The van der Waals surface area contributed by atoms with Crippen molar-refractivity contribution in [3.8, 4) is 0 Å². The van der Waals surface area contributed by atoms with E-state index in [-0.39, 0.29) is 32.8 Å². The maximum Gasteiger partial charge on any atom is 0.326 e. The van der Waals surface area contributed by atoms with E-state index >= 15 is 0 Å². The maximum atomic E-state index is 12.8. The Kier molecular flexibility index (Phi) is 8.49. The van der Waals surface area contributed by atoms with Gasteiger partial charge in [-0.1, -0.05) is 53.5 Å². The maximum absolute atomic E-state index is 12.8. The number of nitrogens with zero attached hydrogens (tertiary/aromatic N) is 2. The second-order valence-corrected chi connectivity index (χ2v) is 11.5. The fraction of sp³-hybridized carbons (Fsp3) is 0.269. The number of piperidine rings is 1. The van der Waals surface area contributed by atoms with Gasteiger partial charge in [0.15, 0.2) is 0 Å². The number of amides is 1. The fourth-order valence-electron chi connectivity index (χ4n) is 4.39. The SMILES string of the molecule is O=C(N[C@@H](Cc1ccc(C2CCN(S(=O)(=O)c3cccnc3)CC2)cc1)C(=O)O)c1c(Cl)cccc1Cl. The molecule has 2 N–H and O–H groups in total. The van der Waals surface area contributed by atoms with E-state index in [9.17, 15) is 23.1 Å². The molecule has 0 bridgehead atoms. The topological polar surface area (TPSA) is 117 Å². The van der Waals surface area contributed by atoms with E-state index in [0.29, 0.717) is 25.9 Å². The summed E-state index contributed by atoms with van der Waals surface area (Å²) in [6.07, 6.45) is 4.31. The van der Waals surface area contributed by atoms with E-state index in [1.807, 2.05) is 24.3 Å². The summed E-state index contributed by atoms with van der Waals surface area (Å²) in [6.45, 7) is 0.808. The number of aromatic nitrogens is 1. The second kappa shape index (κ2) is 11.6. The van der Waals surface area contributed by atoms with E-state index in [4.69, 9.17) is 23.2 Å². The van der Waals surface area contributed by atoms with Crippen LogP contribution >= 0.6 is 23.2 Å². The lowest BCUT2D eigenvalue weighted by molar-refractivity contribution is -0.139. The Morgan fingerprint density at radius 2 is 1.68 bits per heavy atom. The van der Waals surface area contributed by atoms with Gasteiger partial charge in [-0.2, -0.15) is 4.31 Å². The van der Waals surface area contributed by atoms with Crippen molar-refractivity contribution in [2.75, 3.05) is 13.1 Å². The van der Waals surface area contributed by atoms with Gasteiger partial charge >= 0.3 is 5.97 Å². The summed E-state index contributed by atoms with van der Waals surface area (Å²) >= 11 is 12.1. The predicted octanol–water partition coefficient (Wildman–Crippen LogP) is 4.38. The molecule has 2 heterocycles. The molecular formula is C26H25Cl2N3O5S. The largest absolute Gasteiger partial charge is 0.480 e. The van der Waals surface area contributed by atoms with Crippen LogP contribution in [0.25, 0.3) is 0 Å². The van der Waals surface area contributed by atoms with Gasteiger partial charge in [-0.3, -0.25) is 9.78 Å². The van der Waals surface area contributed by atoms with Gasteiger partial charge in [-0.15, -0.1) is 0 Å². The van der Waals surface area contributed by atoms with E-state index < -0.39 is 27.9 Å². The highest BCUT2D eigenvalue weighted by atomic mass is 35.5. The van der Waals surface area contributed by atoms with Crippen LogP contribution in [0, 0.1) is 0 Å². The molecule has 1 atom stereocenters. The van der Waals surface area contributed by atoms with Gasteiger partial charge in [0.2, 0.25) is 10.0 Å². The van der Waals surface area contributed by atoms with E-state index in [0.717, 1.165) is 11.1 Å². The number of sulfonamides is 1. The van der Waals surface area contributed by atoms with Crippen LogP contribution in [0.1, 0.15) is 40.2 Å². The van der Waals surface area contributed by atoms with E-state index in [1.165, 1.54) is 28.8 Å². The summed E-state index contributed by atoms with van der Waals surface area (Å²) in [5.74, 6) is -1.65. The fourth-order valence-corrected chi connectivity index (χ4v) is 6.39. The van der Waals surface area contributed by atoms with Crippen molar-refractivity contribution in [1.82, 2.24) is 14.6 Å². The van der Waals surface area contributed by atoms with Crippen molar-refractivity contribution in [3.05, 3.63) is 93.7 Å². The van der Waals surface area contributed by atoms with Crippen molar-refractivity contribution >= 4 is 45.1 Å². The van der Waals surface area contributed by atoms with Crippen molar-refractivity contribution in [2.24, 2.45) is 0 Å². The molecule has 194 valence electrons. The Morgan fingerprint density at radius 1 is 1.03 bits per heavy atom. The number of carboxylic acids is 1. The van der Waals surface area contributed by atoms with Gasteiger partial charge in [0.25, 0.3) is 5.91 Å². The van der Waals surface area contributed by atoms with Crippen molar-refractivity contribution < 1.29 is 23.1 Å². The molecule has 4 rings (SSSR count). The molecular weight excluding hydrogens is 537 g/mol. The second-order valence-electron chi connectivity index (χ2n) is 8.77. The first kappa shape index (κ1) is 27.1. The molecule has 2 aromatic carbocycles. The molecule has 11 heteroatoms. The summed E-state index contributed by atoms with van der Waals surface area (Å²) in [5.41, 5.74) is 1.82. The number of halogens is 2. The lowest BCUT2D eigenvalue weighted by Gasteiger charge is -2.31. The standard InChI is InChI=1S/C26H25Cl2N3O5S/c27-21-4-1-5-22(28)24(21)25(32)30-23(26(33)34)15-17-6-8-18(9-7-17)19-10-13-31(14-11-19)37(35,36)20-3-2-12-29-16-20/h1-9,12,16,19,23H,10-11,13-15H2,(H,30,32)(H,33,34)/t23-/m0/s1. The molecule has 1 fully saturated rings. The first-order valence-electron chi connectivity index (χ1n) is 11.6. The Labute approximate surface area is 225 Å². The molecule has 1 amide bonds. The molecule has 1 saturated heterocycles. The Bertz CT molecular complexity index is 1360. The highest BCUT2D eigenvalue weighted by molar-refractivity contribution is 7.89. The minimum Gasteiger partial charge on any atom is -0.480 e. The van der Waals surface area contributed by atoms with Crippen LogP contribution in [0.15, 0.2) is 71.9 Å². The molecule has 0 unspecified atom stereocenters. The summed E-state index contributed by atoms with van der Waals surface area (Å²) in [4.78, 5) is 28.6. The monoisotopic (exact) mass is 561 g/mol. The third-order valence-electron chi connectivity index (χ3n) is 6.41. The third-order valence-corrected chi connectivity index (χ3v) is 8.92. The lowest BCUT2D eigenvalue weighted by Crippen LogP contribution is -2.42. The predicted molar refractivity (Wildman–Crippen MR) is 140 cm³/mol. The van der Waals surface area contributed by atoms with Gasteiger partial charge < -0.3 is 10.4 Å². The molecule has 1 aliphatic rings. The van der Waals surface area contributed by atoms with Gasteiger partial charge in [-0.25, -0.2) is 13.2 Å². The van der Waals surface area contributed by atoms with E-state index in [1.54, 1.807) is 18.2 Å². The number of carbonyl (C=O) groups is 2. The number of hydrogen-bond acceptors (Lipinski definition) is 5. The number of benzene rings is 2. The molecule has 1 aromatic heterocycles. The average Bonchev–Trinajstić information content (AvgIpc) is 2.89. The third kappa shape index (κ3) is 6.30. The molecule has 0 aliphatic carbocycles. The number of aliphatic carboxylic acids is 1. The average molecular weight is 562 g/mol. The summed E-state index contributed by atoms with van der Waals surface area (Å²) < 4.78 is 27.1. The zero-order valence-corrected chi connectivity index (χ0v) is 22.0. The Balaban J connectivity index is 1.38. The molecule has 0 spiro atoms. The molecule has 37 heavy (non-hydrogen) atoms. The zero-order chi connectivity index (χ0) is 26.6. The number of carboxylic acid groups (broad SMARTS) is 1. The smallest absolute Gasteiger partial charge is 0.326 e. The molecule has 0 saturated carbocycles. The van der Waals surface area contributed by atoms with Crippen LogP contribution in [-0.4, -0.2) is 53.8 Å². The molecule has 8 nitrogen and oxygen atoms in total. The minimum absolute atomic E-state index is 0.0318. The molecule has 1 aliphatic heterocycles. The summed E-state index contributed by atoms with van der Waals surface area (Å²) in [6, 6.07) is 14.1. The zero-order valence-electron chi connectivity index (χ0n) is 19.7. The number of nitrogens with one attached hydrogen (secondary N) is 1. The van der Waals surface area contributed by atoms with Crippen LogP contribution in [-0.2, 0) is 21.2 Å². The number of pyridine rings is 1. The highest BCUT2D eigenvalue weighted by Gasteiger charge is 2.30. The van der Waals surface area contributed by atoms with Gasteiger partial charge in [0.05, 0.1) is 15.6 Å². The quantitative estimate of drug-likeness (QED) is 0.421. The molecule has 0 radical (unpaired) electrons. The van der Waals surface area contributed by atoms with Crippen LogP contribution in [0.2, 0.25) is 10.0 Å². The summed E-state index contributed by atoms with van der Waals surface area (Å²) in [7, 11) is -3.57. The number of hydrogen-bond donors (Lipinski definition) is 2. The van der Waals surface area contributed by atoms with Gasteiger partial charge in [0, 0.05) is 31.9 Å². The van der Waals surface area contributed by atoms with Crippen molar-refractivity contribution in [2.45, 2.75) is 36.1 Å². The Hall–Kier alpha value is -2.98. The van der Waals surface area contributed by atoms with Crippen molar-refractivity contribution in [1.29, 1.82) is 0 Å². The highest BCUT2D eigenvalue weighted by Crippen LogP contribution is 2.31. The van der Waals surface area contributed by atoms with Crippen LogP contribution in [0.4, 0.5) is 0 Å². The number of rotatable bonds is 8. The summed E-state index contributed by atoms with van der Waals surface area (Å²) in [5, 5.41) is 12.4. The minimum atomic E-state index is -3.57. The van der Waals surface area contributed by atoms with Gasteiger partial charge in [-0.05, 0) is 54.2 Å².